The smallest absolute Gasteiger partial charge is 0.330 e. The molecule has 3 aliphatic rings. The number of ether oxygens (including phenoxy) is 1. The van der Waals surface area contributed by atoms with Crippen molar-refractivity contribution in [3.8, 4) is 0 Å². The van der Waals surface area contributed by atoms with Gasteiger partial charge in [0, 0.05) is 16.6 Å². The first-order chi connectivity index (χ1) is 17.2. The van der Waals surface area contributed by atoms with Crippen LogP contribution in [0.1, 0.15) is 36.0 Å². The van der Waals surface area contributed by atoms with E-state index in [-0.39, 0.29) is 41.9 Å². The predicted molar refractivity (Wildman–Crippen MR) is 137 cm³/mol. The van der Waals surface area contributed by atoms with Gasteiger partial charge in [-0.05, 0) is 73.8 Å². The molecule has 2 aromatic rings. The van der Waals surface area contributed by atoms with Crippen molar-refractivity contribution in [1.29, 1.82) is 0 Å². The quantitative estimate of drug-likeness (QED) is 0.410. The molecule has 2 aliphatic carbocycles. The third-order valence-corrected chi connectivity index (χ3v) is 9.13. The Balaban J connectivity index is 1.31. The number of rotatable bonds is 7. The van der Waals surface area contributed by atoms with Crippen LogP contribution in [-0.2, 0) is 30.3 Å². The number of nitrogens with one attached hydrogen (secondary N) is 1. The lowest BCUT2D eigenvalue weighted by atomic mass is 9.81. The summed E-state index contributed by atoms with van der Waals surface area (Å²) in [5, 5.41) is 2.75. The van der Waals surface area contributed by atoms with E-state index in [2.05, 4.69) is 21.2 Å². The second kappa shape index (κ2) is 9.81. The number of carbonyl (C=O) groups is 4. The van der Waals surface area contributed by atoms with Gasteiger partial charge >= 0.3 is 5.97 Å². The summed E-state index contributed by atoms with van der Waals surface area (Å²) in [4.78, 5) is 53.8. The number of hydrogen-bond donors (Lipinski definition) is 1. The molecule has 5 rings (SSSR count). The standard InChI is InChI=1S/C28H29BrN2O5/c1-15-10-20(11-16(2)25(15)29)30-22(32)14-36-28(35)21(12-17-6-4-3-5-7-17)31-26(33)23-18-8-9-19(13-18)24(23)27(31)34/h3-7,10-11,18-19,21,23-24H,8-9,12-14H2,1-2H3,(H,30,32)/t18-,19-,21+,23-,24+/m0/s1. The molecule has 5 atom stereocenters. The molecule has 1 heterocycles. The molecule has 0 spiro atoms. The number of hydrogen-bond acceptors (Lipinski definition) is 5. The molecule has 1 aliphatic heterocycles. The number of imide groups is 1. The monoisotopic (exact) mass is 552 g/mol. The van der Waals surface area contributed by atoms with Gasteiger partial charge < -0.3 is 10.1 Å². The Morgan fingerprint density at radius 3 is 2.19 bits per heavy atom. The SMILES string of the molecule is Cc1cc(NC(=O)COC(=O)[C@@H](Cc2ccccc2)N2C(=O)[C@@H]3[C@H]4CC[C@@H](C4)[C@@H]3C2=O)cc(C)c1Br. The summed E-state index contributed by atoms with van der Waals surface area (Å²) in [6.45, 7) is 3.34. The zero-order valence-corrected chi connectivity index (χ0v) is 21.9. The van der Waals surface area contributed by atoms with Crippen molar-refractivity contribution in [1.82, 2.24) is 4.90 Å². The van der Waals surface area contributed by atoms with E-state index in [1.54, 1.807) is 0 Å². The van der Waals surface area contributed by atoms with Gasteiger partial charge in [0.25, 0.3) is 5.91 Å². The Morgan fingerprint density at radius 2 is 1.61 bits per heavy atom. The van der Waals surface area contributed by atoms with Gasteiger partial charge in [0.05, 0.1) is 11.8 Å². The fourth-order valence-electron chi connectivity index (χ4n) is 6.30. The molecule has 36 heavy (non-hydrogen) atoms. The maximum Gasteiger partial charge on any atom is 0.330 e. The highest BCUT2D eigenvalue weighted by Crippen LogP contribution is 2.56. The topological polar surface area (TPSA) is 92.8 Å². The van der Waals surface area contributed by atoms with Crippen LogP contribution in [0.3, 0.4) is 0 Å². The summed E-state index contributed by atoms with van der Waals surface area (Å²) in [5.41, 5.74) is 3.35. The van der Waals surface area contributed by atoms with Crippen molar-refractivity contribution >= 4 is 45.3 Å². The van der Waals surface area contributed by atoms with Crippen molar-refractivity contribution < 1.29 is 23.9 Å². The van der Waals surface area contributed by atoms with Gasteiger partial charge in [-0.15, -0.1) is 0 Å². The summed E-state index contributed by atoms with van der Waals surface area (Å²) in [5.74, 6) is -1.97. The van der Waals surface area contributed by atoms with Crippen LogP contribution in [0.5, 0.6) is 0 Å². The summed E-state index contributed by atoms with van der Waals surface area (Å²) in [7, 11) is 0. The lowest BCUT2D eigenvalue weighted by Crippen LogP contribution is -2.48. The number of benzene rings is 2. The molecule has 2 saturated carbocycles. The zero-order valence-electron chi connectivity index (χ0n) is 20.3. The molecule has 3 amide bonds. The molecular weight excluding hydrogens is 524 g/mol. The van der Waals surface area contributed by atoms with Crippen molar-refractivity contribution in [2.75, 3.05) is 11.9 Å². The Labute approximate surface area is 218 Å². The number of nitrogens with zero attached hydrogens (tertiary/aromatic N) is 1. The van der Waals surface area contributed by atoms with E-state index in [0.29, 0.717) is 5.69 Å². The lowest BCUT2D eigenvalue weighted by Gasteiger charge is -2.26. The van der Waals surface area contributed by atoms with Crippen molar-refractivity contribution in [3.63, 3.8) is 0 Å². The highest BCUT2D eigenvalue weighted by molar-refractivity contribution is 9.10. The maximum atomic E-state index is 13.4. The third-order valence-electron chi connectivity index (χ3n) is 7.88. The van der Waals surface area contributed by atoms with Gasteiger partial charge in [0.15, 0.2) is 6.61 Å². The van der Waals surface area contributed by atoms with Crippen LogP contribution in [0.15, 0.2) is 46.9 Å². The van der Waals surface area contributed by atoms with E-state index < -0.39 is 24.5 Å². The van der Waals surface area contributed by atoms with E-state index in [1.807, 2.05) is 56.3 Å². The Kier molecular flexibility index (Phi) is 6.72. The van der Waals surface area contributed by atoms with Crippen molar-refractivity contribution in [2.45, 2.75) is 45.6 Å². The molecule has 0 unspecified atom stereocenters. The van der Waals surface area contributed by atoms with Crippen molar-refractivity contribution in [2.24, 2.45) is 23.7 Å². The van der Waals surface area contributed by atoms with Crippen LogP contribution < -0.4 is 5.32 Å². The Bertz CT molecular complexity index is 1180. The number of amides is 3. The summed E-state index contributed by atoms with van der Waals surface area (Å²) in [6.07, 6.45) is 2.99. The molecule has 0 radical (unpaired) electrons. The van der Waals surface area contributed by atoms with E-state index in [9.17, 15) is 19.2 Å². The molecule has 2 bridgehead atoms. The number of esters is 1. The van der Waals surface area contributed by atoms with Gasteiger partial charge in [-0.3, -0.25) is 19.3 Å². The molecular formula is C28H29BrN2O5. The van der Waals surface area contributed by atoms with Crippen LogP contribution in [0, 0.1) is 37.5 Å². The highest BCUT2D eigenvalue weighted by Gasteiger charge is 2.62. The van der Waals surface area contributed by atoms with E-state index in [0.717, 1.165) is 45.3 Å². The molecule has 1 N–H and O–H groups in total. The number of anilines is 1. The predicted octanol–water partition coefficient (Wildman–Crippen LogP) is 4.19. The van der Waals surface area contributed by atoms with Gasteiger partial charge in [-0.1, -0.05) is 46.3 Å². The minimum atomic E-state index is -1.10. The maximum absolute atomic E-state index is 13.4. The molecule has 0 aromatic heterocycles. The number of carbonyl (C=O) groups excluding carboxylic acids is 4. The molecule has 188 valence electrons. The average molecular weight is 553 g/mol. The second-order valence-corrected chi connectivity index (χ2v) is 11.0. The van der Waals surface area contributed by atoms with Crippen LogP contribution >= 0.6 is 15.9 Å². The van der Waals surface area contributed by atoms with E-state index in [4.69, 9.17) is 4.74 Å². The summed E-state index contributed by atoms with van der Waals surface area (Å²) in [6, 6.07) is 11.8. The lowest BCUT2D eigenvalue weighted by molar-refractivity contribution is -0.160. The van der Waals surface area contributed by atoms with Crippen LogP contribution in [0.25, 0.3) is 0 Å². The fourth-order valence-corrected chi connectivity index (χ4v) is 6.53. The van der Waals surface area contributed by atoms with Crippen LogP contribution in [0.4, 0.5) is 5.69 Å². The Morgan fingerprint density at radius 1 is 1.03 bits per heavy atom. The first kappa shape index (κ1) is 24.7. The molecule has 3 fully saturated rings. The van der Waals surface area contributed by atoms with Gasteiger partial charge in [0.1, 0.15) is 6.04 Å². The molecule has 7 nitrogen and oxygen atoms in total. The van der Waals surface area contributed by atoms with E-state index >= 15 is 0 Å². The summed E-state index contributed by atoms with van der Waals surface area (Å²) < 4.78 is 6.36. The minimum Gasteiger partial charge on any atom is -0.454 e. The molecule has 1 saturated heterocycles. The number of likely N-dealkylation sites (tertiary alicyclic amines) is 1. The fraction of sp³-hybridized carbons (Fsp3) is 0.429. The minimum absolute atomic E-state index is 0.151. The first-order valence-electron chi connectivity index (χ1n) is 12.4. The average Bonchev–Trinajstić information content (AvgIpc) is 3.54. The highest BCUT2D eigenvalue weighted by atomic mass is 79.9. The number of fused-ring (bicyclic) bond motifs is 5. The number of halogens is 1. The first-order valence-corrected chi connectivity index (χ1v) is 13.2. The molecule has 8 heteroatoms. The van der Waals surface area contributed by atoms with Crippen LogP contribution in [0.2, 0.25) is 0 Å². The molecule has 2 aromatic carbocycles. The Hall–Kier alpha value is -3.00. The van der Waals surface area contributed by atoms with Gasteiger partial charge in [0.2, 0.25) is 11.8 Å². The normalized spacial score (nSPS) is 25.1. The largest absolute Gasteiger partial charge is 0.454 e. The second-order valence-electron chi connectivity index (χ2n) is 10.2. The number of aryl methyl sites for hydroxylation is 2. The van der Waals surface area contributed by atoms with Gasteiger partial charge in [-0.2, -0.15) is 0 Å². The van der Waals surface area contributed by atoms with E-state index in [1.165, 1.54) is 0 Å². The third kappa shape index (κ3) is 4.47. The van der Waals surface area contributed by atoms with Gasteiger partial charge in [-0.25, -0.2) is 4.79 Å². The van der Waals surface area contributed by atoms with Crippen LogP contribution in [-0.4, -0.2) is 41.2 Å². The van der Waals surface area contributed by atoms with Crippen molar-refractivity contribution in [3.05, 3.63) is 63.6 Å². The zero-order chi connectivity index (χ0) is 25.6. The summed E-state index contributed by atoms with van der Waals surface area (Å²) >= 11 is 3.50.